The van der Waals surface area contributed by atoms with Crippen LogP contribution in [0.25, 0.3) is 0 Å². The van der Waals surface area contributed by atoms with Crippen LogP contribution in [0.2, 0.25) is 0 Å². The van der Waals surface area contributed by atoms with Crippen molar-refractivity contribution in [2.24, 2.45) is 11.8 Å². The van der Waals surface area contributed by atoms with Gasteiger partial charge in [0, 0.05) is 0 Å². The van der Waals surface area contributed by atoms with Gasteiger partial charge in [-0.3, -0.25) is 15.0 Å². The number of cyclic esters (lactones) is 2. The first kappa shape index (κ1) is 15.3. The van der Waals surface area contributed by atoms with Crippen molar-refractivity contribution in [1.82, 2.24) is 10.4 Å². The van der Waals surface area contributed by atoms with Gasteiger partial charge in [-0.05, 0) is 18.9 Å². The maximum atomic E-state index is 12.3. The van der Waals surface area contributed by atoms with E-state index in [9.17, 15) is 14.4 Å². The Bertz CT molecular complexity index is 474. The maximum absolute atomic E-state index is 12.3. The molecule has 0 bridgehead atoms. The molecule has 2 heterocycles. The number of carbonyl (C=O) groups excluding carboxylic acids is 3. The van der Waals surface area contributed by atoms with Gasteiger partial charge in [-0.1, -0.05) is 19.9 Å². The molecule has 0 aromatic carbocycles. The van der Waals surface area contributed by atoms with E-state index in [0.717, 1.165) is 0 Å². The van der Waals surface area contributed by atoms with E-state index in [4.69, 9.17) is 9.47 Å². The first-order valence-corrected chi connectivity index (χ1v) is 7.02. The van der Waals surface area contributed by atoms with Crippen LogP contribution >= 0.6 is 0 Å². The number of nitrogens with zero attached hydrogens (tertiary/aromatic N) is 1. The van der Waals surface area contributed by atoms with Crippen LogP contribution < -0.4 is 5.43 Å². The Hall–Kier alpha value is -2.05. The summed E-state index contributed by atoms with van der Waals surface area (Å²) in [6.07, 6.45) is 2.24. The minimum absolute atomic E-state index is 0.00999. The van der Waals surface area contributed by atoms with Crippen molar-refractivity contribution >= 4 is 18.0 Å². The lowest BCUT2D eigenvalue weighted by Crippen LogP contribution is -2.52. The highest BCUT2D eigenvalue weighted by Crippen LogP contribution is 2.25. The van der Waals surface area contributed by atoms with Gasteiger partial charge in [0.2, 0.25) is 5.91 Å². The molecule has 0 unspecified atom stereocenters. The molecule has 0 aliphatic carbocycles. The van der Waals surface area contributed by atoms with Crippen LogP contribution in [0.4, 0.5) is 4.79 Å². The predicted molar refractivity (Wildman–Crippen MR) is 72.8 cm³/mol. The lowest BCUT2D eigenvalue weighted by Gasteiger charge is -2.26. The number of amides is 2. The van der Waals surface area contributed by atoms with Crippen molar-refractivity contribution in [3.8, 4) is 0 Å². The first-order valence-electron chi connectivity index (χ1n) is 7.02. The van der Waals surface area contributed by atoms with Gasteiger partial charge in [-0.2, -0.15) is 0 Å². The zero-order valence-electron chi connectivity index (χ0n) is 12.4. The molecule has 3 atom stereocenters. The van der Waals surface area contributed by atoms with Gasteiger partial charge < -0.3 is 9.47 Å². The topological polar surface area (TPSA) is 84.9 Å². The molecule has 2 fully saturated rings. The Kier molecular flexibility index (Phi) is 4.50. The van der Waals surface area contributed by atoms with Gasteiger partial charge in [0.15, 0.2) is 0 Å². The second-order valence-electron chi connectivity index (χ2n) is 5.53. The summed E-state index contributed by atoms with van der Waals surface area (Å²) in [4.78, 5) is 35.4. The van der Waals surface area contributed by atoms with Crippen LogP contribution in [0.3, 0.4) is 0 Å². The quantitative estimate of drug-likeness (QED) is 0.618. The minimum atomic E-state index is -0.630. The monoisotopic (exact) mass is 296 g/mol. The molecule has 0 aromatic rings. The maximum Gasteiger partial charge on any atom is 0.429 e. The molecular weight excluding hydrogens is 276 g/mol. The summed E-state index contributed by atoms with van der Waals surface area (Å²) >= 11 is 0. The third-order valence-electron chi connectivity index (χ3n) is 3.68. The van der Waals surface area contributed by atoms with Crippen molar-refractivity contribution in [2.45, 2.75) is 39.3 Å². The van der Waals surface area contributed by atoms with Crippen molar-refractivity contribution in [3.63, 3.8) is 0 Å². The van der Waals surface area contributed by atoms with E-state index in [1.807, 2.05) is 13.8 Å². The summed E-state index contributed by atoms with van der Waals surface area (Å²) in [5, 5.41) is 1.21. The van der Waals surface area contributed by atoms with Crippen molar-refractivity contribution in [3.05, 3.63) is 12.2 Å². The third-order valence-corrected chi connectivity index (χ3v) is 3.68. The molecule has 2 aliphatic rings. The summed E-state index contributed by atoms with van der Waals surface area (Å²) in [5.41, 5.74) is 2.56. The largest absolute Gasteiger partial charge is 0.457 e. The van der Waals surface area contributed by atoms with Crippen molar-refractivity contribution in [1.29, 1.82) is 0 Å². The Balaban J connectivity index is 2.06. The molecule has 1 N–H and O–H groups in total. The van der Waals surface area contributed by atoms with Crippen molar-refractivity contribution in [2.75, 3.05) is 6.61 Å². The van der Waals surface area contributed by atoms with Gasteiger partial charge in [0.05, 0.1) is 18.4 Å². The smallest absolute Gasteiger partial charge is 0.429 e. The van der Waals surface area contributed by atoms with E-state index >= 15 is 0 Å². The fourth-order valence-corrected chi connectivity index (χ4v) is 2.44. The highest BCUT2D eigenvalue weighted by atomic mass is 16.6. The van der Waals surface area contributed by atoms with E-state index in [2.05, 4.69) is 5.43 Å². The van der Waals surface area contributed by atoms with Crippen LogP contribution in [0.5, 0.6) is 0 Å². The highest BCUT2D eigenvalue weighted by molar-refractivity contribution is 5.88. The molecule has 0 spiro atoms. The Morgan fingerprint density at radius 1 is 1.43 bits per heavy atom. The van der Waals surface area contributed by atoms with Crippen LogP contribution in [0, 0.1) is 11.8 Å². The number of nitrogens with one attached hydrogen (secondary N) is 1. The molecule has 7 nitrogen and oxygen atoms in total. The van der Waals surface area contributed by atoms with Crippen LogP contribution in [0.1, 0.15) is 27.2 Å². The fourth-order valence-electron chi connectivity index (χ4n) is 2.44. The lowest BCUT2D eigenvalue weighted by atomic mass is 10.00. The zero-order chi connectivity index (χ0) is 15.6. The van der Waals surface area contributed by atoms with E-state index in [1.165, 1.54) is 5.01 Å². The molecular formula is C14H20N2O5. The number of ether oxygens (including phenoxy) is 2. The summed E-state index contributed by atoms with van der Waals surface area (Å²) in [6, 6.07) is -0.209. The number of esters is 1. The number of hydrogen-bond acceptors (Lipinski definition) is 5. The predicted octanol–water partition coefficient (Wildman–Crippen LogP) is 1.00. The van der Waals surface area contributed by atoms with Gasteiger partial charge in [0.1, 0.15) is 12.7 Å². The van der Waals surface area contributed by atoms with Gasteiger partial charge in [-0.25, -0.2) is 9.80 Å². The van der Waals surface area contributed by atoms with Crippen LogP contribution in [-0.4, -0.2) is 41.7 Å². The Morgan fingerprint density at radius 3 is 2.76 bits per heavy atom. The van der Waals surface area contributed by atoms with Crippen LogP contribution in [-0.2, 0) is 19.1 Å². The van der Waals surface area contributed by atoms with Gasteiger partial charge in [0.25, 0.3) is 0 Å². The summed E-state index contributed by atoms with van der Waals surface area (Å²) in [5.74, 6) is -1.31. The Morgan fingerprint density at radius 2 is 2.14 bits per heavy atom. The molecule has 2 rings (SSSR count). The van der Waals surface area contributed by atoms with E-state index in [-0.39, 0.29) is 25.0 Å². The average Bonchev–Trinajstić information content (AvgIpc) is 2.94. The standard InChI is InChI=1S/C14H20N2O5/c1-4-5-11-9(6-12(17)21-11)13(18)15-16-10(8(2)3)7-20-14(16)19/h4-5,8-11H,6-7H2,1-3H3,(H,15,18)/b5-4+/t9-,10-,11-/m1/s1. The van der Waals surface area contributed by atoms with E-state index < -0.39 is 30.0 Å². The number of hydrogen-bond donors (Lipinski definition) is 1. The van der Waals surface area contributed by atoms with Crippen LogP contribution in [0.15, 0.2) is 12.2 Å². The van der Waals surface area contributed by atoms with E-state index in [1.54, 1.807) is 19.1 Å². The molecule has 116 valence electrons. The molecule has 0 aromatic heterocycles. The number of rotatable bonds is 4. The lowest BCUT2D eigenvalue weighted by molar-refractivity contribution is -0.140. The molecule has 2 aliphatic heterocycles. The molecule has 7 heteroatoms. The molecule has 2 saturated heterocycles. The van der Waals surface area contributed by atoms with Gasteiger partial charge in [-0.15, -0.1) is 0 Å². The second-order valence-corrected chi connectivity index (χ2v) is 5.53. The third kappa shape index (κ3) is 3.17. The Labute approximate surface area is 123 Å². The highest BCUT2D eigenvalue weighted by Gasteiger charge is 2.42. The molecule has 21 heavy (non-hydrogen) atoms. The second kappa shape index (κ2) is 6.15. The summed E-state index contributed by atoms with van der Waals surface area (Å²) in [6.45, 7) is 5.91. The molecule has 2 amide bonds. The fraction of sp³-hybridized carbons (Fsp3) is 0.643. The average molecular weight is 296 g/mol. The molecule has 0 radical (unpaired) electrons. The number of hydrazine groups is 1. The normalized spacial score (nSPS) is 29.1. The molecule has 0 saturated carbocycles. The SMILES string of the molecule is C/C=C/[C@H]1OC(=O)C[C@H]1C(=O)NN1C(=O)OC[C@@H]1C(C)C. The minimum Gasteiger partial charge on any atom is -0.457 e. The van der Waals surface area contributed by atoms with E-state index in [0.29, 0.717) is 0 Å². The zero-order valence-corrected chi connectivity index (χ0v) is 12.4. The van der Waals surface area contributed by atoms with Crippen molar-refractivity contribution < 1.29 is 23.9 Å². The van der Waals surface area contributed by atoms with Gasteiger partial charge >= 0.3 is 12.1 Å². The number of carbonyl (C=O) groups is 3. The summed E-state index contributed by atoms with van der Waals surface area (Å²) in [7, 11) is 0. The number of allylic oxidation sites excluding steroid dienone is 1. The first-order chi connectivity index (χ1) is 9.93. The summed E-state index contributed by atoms with van der Waals surface area (Å²) < 4.78 is 10.0.